The van der Waals surface area contributed by atoms with E-state index in [0.29, 0.717) is 0 Å². The average molecular weight is 304 g/mol. The Labute approximate surface area is 118 Å². The van der Waals surface area contributed by atoms with Crippen LogP contribution in [0.2, 0.25) is 5.02 Å². The molecular formula is C14H10ClF4N. The molecule has 2 rings (SSSR count). The minimum absolute atomic E-state index is 0.0697. The van der Waals surface area contributed by atoms with Gasteiger partial charge in [-0.3, -0.25) is 0 Å². The number of alkyl halides is 3. The predicted molar refractivity (Wildman–Crippen MR) is 70.2 cm³/mol. The fourth-order valence-corrected chi connectivity index (χ4v) is 1.96. The van der Waals surface area contributed by atoms with Crippen molar-refractivity contribution in [3.8, 4) is 0 Å². The molecule has 0 aliphatic carbocycles. The molecule has 0 saturated carbocycles. The van der Waals surface area contributed by atoms with Gasteiger partial charge in [0.1, 0.15) is 5.82 Å². The summed E-state index contributed by atoms with van der Waals surface area (Å²) in [6.45, 7) is -0.0984. The molecule has 1 nitrogen and oxygen atoms in total. The highest BCUT2D eigenvalue weighted by Gasteiger charge is 2.32. The first-order valence-electron chi connectivity index (χ1n) is 5.72. The number of anilines is 1. The first kappa shape index (κ1) is 14.7. The second-order valence-electron chi connectivity index (χ2n) is 4.13. The lowest BCUT2D eigenvalue weighted by Gasteiger charge is -2.14. The molecule has 0 saturated heterocycles. The van der Waals surface area contributed by atoms with Crippen LogP contribution in [0.1, 0.15) is 11.1 Å². The van der Waals surface area contributed by atoms with Crippen LogP contribution in [-0.4, -0.2) is 0 Å². The Bertz CT molecular complexity index is 610. The van der Waals surface area contributed by atoms with Crippen LogP contribution in [0.25, 0.3) is 0 Å². The number of hydrogen-bond donors (Lipinski definition) is 1. The van der Waals surface area contributed by atoms with Crippen molar-refractivity contribution in [2.24, 2.45) is 0 Å². The zero-order chi connectivity index (χ0) is 14.8. The Hall–Kier alpha value is -1.75. The third-order valence-corrected chi connectivity index (χ3v) is 3.05. The first-order valence-corrected chi connectivity index (χ1v) is 6.10. The minimum Gasteiger partial charge on any atom is -0.380 e. The summed E-state index contributed by atoms with van der Waals surface area (Å²) in [4.78, 5) is 0. The molecule has 0 aliphatic heterocycles. The van der Waals surface area contributed by atoms with E-state index in [-0.39, 0.29) is 22.8 Å². The molecule has 0 aromatic heterocycles. The SMILES string of the molecule is Fc1ccc(Cl)c(NCc2ccccc2C(F)(F)F)c1. The van der Waals surface area contributed by atoms with Crippen molar-refractivity contribution in [3.05, 3.63) is 64.4 Å². The highest BCUT2D eigenvalue weighted by Crippen LogP contribution is 2.32. The molecule has 0 spiro atoms. The van der Waals surface area contributed by atoms with E-state index in [1.807, 2.05) is 0 Å². The van der Waals surface area contributed by atoms with Crippen LogP contribution in [0.3, 0.4) is 0 Å². The molecule has 0 fully saturated rings. The Kier molecular flexibility index (Phi) is 4.18. The summed E-state index contributed by atoms with van der Waals surface area (Å²) in [7, 11) is 0. The Morgan fingerprint density at radius 1 is 1.05 bits per heavy atom. The van der Waals surface area contributed by atoms with Gasteiger partial charge in [0.05, 0.1) is 16.3 Å². The van der Waals surface area contributed by atoms with Crippen molar-refractivity contribution in [1.29, 1.82) is 0 Å². The Balaban J connectivity index is 2.21. The topological polar surface area (TPSA) is 12.0 Å². The third-order valence-electron chi connectivity index (χ3n) is 2.72. The number of hydrogen-bond acceptors (Lipinski definition) is 1. The number of halogens is 5. The predicted octanol–water partition coefficient (Wildman–Crippen LogP) is 5.11. The highest BCUT2D eigenvalue weighted by atomic mass is 35.5. The van der Waals surface area contributed by atoms with E-state index in [4.69, 9.17) is 11.6 Å². The summed E-state index contributed by atoms with van der Waals surface area (Å²) in [6, 6.07) is 8.86. The van der Waals surface area contributed by atoms with Gasteiger partial charge in [-0.15, -0.1) is 0 Å². The number of rotatable bonds is 3. The van der Waals surface area contributed by atoms with Crippen LogP contribution in [0, 0.1) is 5.82 Å². The number of nitrogens with one attached hydrogen (secondary N) is 1. The largest absolute Gasteiger partial charge is 0.416 e. The van der Waals surface area contributed by atoms with Crippen LogP contribution < -0.4 is 5.32 Å². The van der Waals surface area contributed by atoms with Gasteiger partial charge in [-0.05, 0) is 29.8 Å². The van der Waals surface area contributed by atoms with E-state index in [0.717, 1.165) is 12.1 Å². The zero-order valence-corrected chi connectivity index (χ0v) is 10.9. The molecule has 0 unspecified atom stereocenters. The zero-order valence-electron chi connectivity index (χ0n) is 10.1. The van der Waals surface area contributed by atoms with Gasteiger partial charge < -0.3 is 5.32 Å². The summed E-state index contributed by atoms with van der Waals surface area (Å²) >= 11 is 5.84. The Morgan fingerprint density at radius 3 is 2.45 bits per heavy atom. The summed E-state index contributed by atoms with van der Waals surface area (Å²) in [5.74, 6) is -0.513. The summed E-state index contributed by atoms with van der Waals surface area (Å²) in [6.07, 6.45) is -4.43. The summed E-state index contributed by atoms with van der Waals surface area (Å²) in [5, 5.41) is 2.96. The standard InChI is InChI=1S/C14H10ClF4N/c15-12-6-5-10(16)7-13(12)20-8-9-3-1-2-4-11(9)14(17,18)19/h1-7,20H,8H2. The molecule has 20 heavy (non-hydrogen) atoms. The smallest absolute Gasteiger partial charge is 0.380 e. The normalized spacial score (nSPS) is 11.4. The molecule has 2 aromatic carbocycles. The first-order chi connectivity index (χ1) is 9.38. The van der Waals surface area contributed by atoms with Crippen LogP contribution in [-0.2, 0) is 12.7 Å². The molecule has 0 amide bonds. The molecule has 0 heterocycles. The molecule has 106 valence electrons. The molecule has 6 heteroatoms. The van der Waals surface area contributed by atoms with Gasteiger partial charge in [0.25, 0.3) is 0 Å². The molecule has 0 radical (unpaired) electrons. The van der Waals surface area contributed by atoms with Gasteiger partial charge >= 0.3 is 6.18 Å². The Morgan fingerprint density at radius 2 is 1.75 bits per heavy atom. The molecule has 0 aliphatic rings. The van der Waals surface area contributed by atoms with E-state index in [1.165, 1.54) is 30.3 Å². The van der Waals surface area contributed by atoms with Crippen LogP contribution in [0.4, 0.5) is 23.2 Å². The van der Waals surface area contributed by atoms with Crippen molar-refractivity contribution >= 4 is 17.3 Å². The van der Waals surface area contributed by atoms with Crippen molar-refractivity contribution in [2.45, 2.75) is 12.7 Å². The van der Waals surface area contributed by atoms with Gasteiger partial charge in [-0.2, -0.15) is 13.2 Å². The monoisotopic (exact) mass is 303 g/mol. The van der Waals surface area contributed by atoms with Crippen LogP contribution in [0.5, 0.6) is 0 Å². The van der Waals surface area contributed by atoms with Gasteiger partial charge in [-0.25, -0.2) is 4.39 Å². The molecule has 0 atom stereocenters. The van der Waals surface area contributed by atoms with Gasteiger partial charge in [-0.1, -0.05) is 29.8 Å². The van der Waals surface area contributed by atoms with Gasteiger partial charge in [0, 0.05) is 6.54 Å². The van der Waals surface area contributed by atoms with Crippen LogP contribution in [0.15, 0.2) is 42.5 Å². The van der Waals surface area contributed by atoms with Gasteiger partial charge in [0.2, 0.25) is 0 Å². The average Bonchev–Trinajstić information content (AvgIpc) is 2.39. The highest BCUT2D eigenvalue weighted by molar-refractivity contribution is 6.33. The molecule has 0 bridgehead atoms. The second kappa shape index (κ2) is 5.71. The molecule has 2 aromatic rings. The second-order valence-corrected chi connectivity index (χ2v) is 4.54. The van der Waals surface area contributed by atoms with E-state index >= 15 is 0 Å². The van der Waals surface area contributed by atoms with Crippen LogP contribution >= 0.6 is 11.6 Å². The maximum atomic E-state index is 13.1. The van der Waals surface area contributed by atoms with E-state index in [9.17, 15) is 17.6 Å². The maximum absolute atomic E-state index is 13.1. The van der Waals surface area contributed by atoms with Crippen molar-refractivity contribution in [2.75, 3.05) is 5.32 Å². The lowest BCUT2D eigenvalue weighted by molar-refractivity contribution is -0.138. The van der Waals surface area contributed by atoms with Crippen molar-refractivity contribution < 1.29 is 17.6 Å². The van der Waals surface area contributed by atoms with E-state index in [1.54, 1.807) is 0 Å². The fraction of sp³-hybridized carbons (Fsp3) is 0.143. The van der Waals surface area contributed by atoms with Crippen molar-refractivity contribution in [3.63, 3.8) is 0 Å². The van der Waals surface area contributed by atoms with Crippen molar-refractivity contribution in [1.82, 2.24) is 0 Å². The fourth-order valence-electron chi connectivity index (χ4n) is 1.77. The summed E-state index contributed by atoms with van der Waals surface area (Å²) in [5.41, 5.74) is -0.399. The lowest BCUT2D eigenvalue weighted by Crippen LogP contribution is -2.11. The lowest BCUT2D eigenvalue weighted by atomic mass is 10.1. The van der Waals surface area contributed by atoms with Gasteiger partial charge in [0.15, 0.2) is 0 Å². The minimum atomic E-state index is -4.43. The third kappa shape index (κ3) is 3.42. The number of benzene rings is 2. The maximum Gasteiger partial charge on any atom is 0.416 e. The quantitative estimate of drug-likeness (QED) is 0.777. The molecule has 1 N–H and O–H groups in total. The summed E-state index contributed by atoms with van der Waals surface area (Å²) < 4.78 is 51.5. The van der Waals surface area contributed by atoms with E-state index in [2.05, 4.69) is 5.32 Å². The molecular weight excluding hydrogens is 294 g/mol. The van der Waals surface area contributed by atoms with E-state index < -0.39 is 17.6 Å².